The molecule has 1 N–H and O–H groups in total. The van der Waals surface area contributed by atoms with Crippen LogP contribution in [0.25, 0.3) is 11.3 Å². The summed E-state index contributed by atoms with van der Waals surface area (Å²) >= 11 is 0. The molecule has 0 unspecified atom stereocenters. The molecule has 0 fully saturated rings. The number of hydrazone groups is 1. The Bertz CT molecular complexity index is 1050. The highest BCUT2D eigenvalue weighted by molar-refractivity contribution is 5.91. The van der Waals surface area contributed by atoms with E-state index >= 15 is 0 Å². The largest absolute Gasteiger partial charge is 0.465 e. The normalized spacial score (nSPS) is 10.9. The van der Waals surface area contributed by atoms with Gasteiger partial charge in [0.05, 0.1) is 25.3 Å². The predicted molar refractivity (Wildman–Crippen MR) is 106 cm³/mol. The standard InChI is InChI=1S/C22H19FN2O4/c1-14-3-6-16(22(27)28-2)12-19(14)20-10-9-18(29-20)13-24-25-21(26)11-15-4-7-17(23)8-5-15/h3-10,12-13H,11H2,1-2H3,(H,25,26)/b24-13+. The SMILES string of the molecule is COC(=O)c1ccc(C)c(-c2ccc(/C=N/NC(=O)Cc3ccc(F)cc3)o2)c1. The third kappa shape index (κ3) is 5.16. The zero-order chi connectivity index (χ0) is 20.8. The lowest BCUT2D eigenvalue weighted by atomic mass is 10.0. The molecule has 0 aliphatic rings. The van der Waals surface area contributed by atoms with Gasteiger partial charge in [-0.3, -0.25) is 4.79 Å². The Morgan fingerprint density at radius 3 is 2.62 bits per heavy atom. The third-order valence-corrected chi connectivity index (χ3v) is 4.21. The predicted octanol–water partition coefficient (Wildman–Crippen LogP) is 3.87. The van der Waals surface area contributed by atoms with Crippen LogP contribution < -0.4 is 5.43 Å². The minimum Gasteiger partial charge on any atom is -0.465 e. The van der Waals surface area contributed by atoms with Gasteiger partial charge in [0.2, 0.25) is 5.91 Å². The van der Waals surface area contributed by atoms with Gasteiger partial charge in [-0.1, -0.05) is 18.2 Å². The molecule has 0 bridgehead atoms. The molecule has 0 radical (unpaired) electrons. The van der Waals surface area contributed by atoms with Crippen molar-refractivity contribution in [3.8, 4) is 11.3 Å². The molecular formula is C22H19FN2O4. The third-order valence-electron chi connectivity index (χ3n) is 4.21. The van der Waals surface area contributed by atoms with Gasteiger partial charge in [-0.05, 0) is 54.4 Å². The second kappa shape index (κ2) is 8.97. The summed E-state index contributed by atoms with van der Waals surface area (Å²) in [4.78, 5) is 23.6. The summed E-state index contributed by atoms with van der Waals surface area (Å²) in [5, 5.41) is 3.88. The molecule has 1 aromatic heterocycles. The maximum Gasteiger partial charge on any atom is 0.337 e. The van der Waals surface area contributed by atoms with Crippen molar-refractivity contribution in [2.24, 2.45) is 5.10 Å². The van der Waals surface area contributed by atoms with Gasteiger partial charge in [-0.15, -0.1) is 0 Å². The number of nitrogens with zero attached hydrogens (tertiary/aromatic N) is 1. The van der Waals surface area contributed by atoms with E-state index in [0.717, 1.165) is 11.1 Å². The Balaban J connectivity index is 1.65. The number of carbonyl (C=O) groups excluding carboxylic acids is 2. The number of benzene rings is 2. The van der Waals surface area contributed by atoms with Gasteiger partial charge < -0.3 is 9.15 Å². The summed E-state index contributed by atoms with van der Waals surface area (Å²) in [7, 11) is 1.33. The molecule has 7 heteroatoms. The van der Waals surface area contributed by atoms with Crippen LogP contribution in [0.3, 0.4) is 0 Å². The number of carbonyl (C=O) groups is 2. The molecule has 6 nitrogen and oxygen atoms in total. The van der Waals surface area contributed by atoms with Gasteiger partial charge in [-0.2, -0.15) is 5.10 Å². The number of rotatable bonds is 6. The summed E-state index contributed by atoms with van der Waals surface area (Å²) in [5.41, 5.74) is 5.20. The molecule has 0 atom stereocenters. The number of hydrogen-bond acceptors (Lipinski definition) is 5. The smallest absolute Gasteiger partial charge is 0.337 e. The van der Waals surface area contributed by atoms with Crippen LogP contribution in [0, 0.1) is 12.7 Å². The molecule has 0 saturated carbocycles. The molecule has 2 aromatic carbocycles. The van der Waals surface area contributed by atoms with Crippen LogP contribution in [0.1, 0.15) is 27.2 Å². The topological polar surface area (TPSA) is 80.9 Å². The number of nitrogens with one attached hydrogen (secondary N) is 1. The fourth-order valence-corrected chi connectivity index (χ4v) is 2.69. The van der Waals surface area contributed by atoms with E-state index in [9.17, 15) is 14.0 Å². The van der Waals surface area contributed by atoms with Crippen molar-refractivity contribution in [2.75, 3.05) is 7.11 Å². The summed E-state index contributed by atoms with van der Waals surface area (Å²) in [6.45, 7) is 1.91. The zero-order valence-corrected chi connectivity index (χ0v) is 15.9. The first-order valence-corrected chi connectivity index (χ1v) is 8.82. The summed E-state index contributed by atoms with van der Waals surface area (Å²) in [6.07, 6.45) is 1.46. The Morgan fingerprint density at radius 2 is 1.90 bits per heavy atom. The lowest BCUT2D eigenvalue weighted by molar-refractivity contribution is -0.120. The number of amides is 1. The number of methoxy groups -OCH3 is 1. The van der Waals surface area contributed by atoms with Crippen LogP contribution in [0.4, 0.5) is 4.39 Å². The quantitative estimate of drug-likeness (QED) is 0.391. The van der Waals surface area contributed by atoms with Crippen LogP contribution in [-0.4, -0.2) is 25.2 Å². The Morgan fingerprint density at radius 1 is 1.14 bits per heavy atom. The van der Waals surface area contributed by atoms with E-state index in [1.165, 1.54) is 25.5 Å². The number of furan rings is 1. The number of esters is 1. The fraction of sp³-hybridized carbons (Fsp3) is 0.136. The van der Waals surface area contributed by atoms with E-state index in [1.807, 2.05) is 13.0 Å². The first-order chi connectivity index (χ1) is 14.0. The second-order valence-corrected chi connectivity index (χ2v) is 6.32. The number of halogens is 1. The van der Waals surface area contributed by atoms with E-state index in [1.54, 1.807) is 36.4 Å². The average molecular weight is 394 g/mol. The number of hydrogen-bond donors (Lipinski definition) is 1. The minimum absolute atomic E-state index is 0.0839. The Labute approximate surface area is 167 Å². The van der Waals surface area contributed by atoms with Crippen molar-refractivity contribution in [3.63, 3.8) is 0 Å². The van der Waals surface area contributed by atoms with E-state index in [4.69, 9.17) is 9.15 Å². The summed E-state index contributed by atoms with van der Waals surface area (Å²) in [5.74, 6) is -0.116. The van der Waals surface area contributed by atoms with Gasteiger partial charge in [-0.25, -0.2) is 14.6 Å². The fourth-order valence-electron chi connectivity index (χ4n) is 2.69. The molecule has 0 aliphatic heterocycles. The van der Waals surface area contributed by atoms with E-state index in [0.29, 0.717) is 22.6 Å². The summed E-state index contributed by atoms with van der Waals surface area (Å²) < 4.78 is 23.4. The van der Waals surface area contributed by atoms with Crippen LogP contribution in [0.5, 0.6) is 0 Å². The molecule has 3 aromatic rings. The Kier molecular flexibility index (Phi) is 6.19. The Hall–Kier alpha value is -3.74. The highest BCUT2D eigenvalue weighted by Crippen LogP contribution is 2.26. The molecule has 0 spiro atoms. The van der Waals surface area contributed by atoms with Crippen molar-refractivity contribution in [2.45, 2.75) is 13.3 Å². The lowest BCUT2D eigenvalue weighted by Crippen LogP contribution is -2.19. The maximum atomic E-state index is 12.9. The minimum atomic E-state index is -0.427. The van der Waals surface area contributed by atoms with Crippen molar-refractivity contribution in [1.82, 2.24) is 5.43 Å². The van der Waals surface area contributed by atoms with Crippen LogP contribution in [0.2, 0.25) is 0 Å². The van der Waals surface area contributed by atoms with Crippen molar-refractivity contribution < 1.29 is 23.1 Å². The first-order valence-electron chi connectivity index (χ1n) is 8.82. The number of ether oxygens (including phenoxy) is 1. The van der Waals surface area contributed by atoms with Crippen molar-refractivity contribution in [1.29, 1.82) is 0 Å². The van der Waals surface area contributed by atoms with Crippen LogP contribution in [0.15, 0.2) is 64.1 Å². The van der Waals surface area contributed by atoms with Crippen molar-refractivity contribution >= 4 is 18.1 Å². The van der Waals surface area contributed by atoms with E-state index in [2.05, 4.69) is 10.5 Å². The first kappa shape index (κ1) is 20.0. The van der Waals surface area contributed by atoms with Gasteiger partial charge in [0.25, 0.3) is 0 Å². The molecule has 1 heterocycles. The molecule has 0 saturated heterocycles. The molecule has 148 valence electrons. The summed E-state index contributed by atoms with van der Waals surface area (Å²) in [6, 6.07) is 14.3. The molecule has 1 amide bonds. The van der Waals surface area contributed by atoms with Crippen LogP contribution in [-0.2, 0) is 16.0 Å². The number of aryl methyl sites for hydroxylation is 1. The lowest BCUT2D eigenvalue weighted by Gasteiger charge is -2.05. The average Bonchev–Trinajstić information content (AvgIpc) is 3.18. The van der Waals surface area contributed by atoms with Crippen molar-refractivity contribution in [3.05, 3.63) is 82.9 Å². The van der Waals surface area contributed by atoms with E-state index < -0.39 is 5.97 Å². The zero-order valence-electron chi connectivity index (χ0n) is 15.9. The molecular weight excluding hydrogens is 375 g/mol. The highest BCUT2D eigenvalue weighted by Gasteiger charge is 2.12. The molecule has 3 rings (SSSR count). The highest BCUT2D eigenvalue weighted by atomic mass is 19.1. The van der Waals surface area contributed by atoms with E-state index in [-0.39, 0.29) is 18.1 Å². The maximum absolute atomic E-state index is 12.9. The molecule has 29 heavy (non-hydrogen) atoms. The van der Waals surface area contributed by atoms with Gasteiger partial charge >= 0.3 is 5.97 Å². The van der Waals surface area contributed by atoms with Crippen LogP contribution >= 0.6 is 0 Å². The van der Waals surface area contributed by atoms with Gasteiger partial charge in [0.1, 0.15) is 17.3 Å². The van der Waals surface area contributed by atoms with Gasteiger partial charge in [0, 0.05) is 5.56 Å². The van der Waals surface area contributed by atoms with Gasteiger partial charge in [0.15, 0.2) is 0 Å². The monoisotopic (exact) mass is 394 g/mol. The second-order valence-electron chi connectivity index (χ2n) is 6.32. The molecule has 0 aliphatic carbocycles.